The fraction of sp³-hybridized carbons (Fsp3) is 0.385. The van der Waals surface area contributed by atoms with Gasteiger partial charge in [-0.3, -0.25) is 4.79 Å². The van der Waals surface area contributed by atoms with Gasteiger partial charge in [-0.15, -0.1) is 0 Å². The average Bonchev–Trinajstić information content (AvgIpc) is 2.44. The van der Waals surface area contributed by atoms with Crippen LogP contribution >= 0.6 is 0 Å². The lowest BCUT2D eigenvalue weighted by atomic mass is 10.1. The molecule has 110 valence electrons. The average molecular weight is 300 g/mol. The van der Waals surface area contributed by atoms with Gasteiger partial charge < -0.3 is 9.47 Å². The van der Waals surface area contributed by atoms with Gasteiger partial charge in [-0.25, -0.2) is 13.2 Å². The topological polar surface area (TPSA) is 86.7 Å². The fourth-order valence-electron chi connectivity index (χ4n) is 1.61. The van der Waals surface area contributed by atoms with Crippen molar-refractivity contribution >= 4 is 21.8 Å². The number of esters is 2. The monoisotopic (exact) mass is 300 g/mol. The highest BCUT2D eigenvalue weighted by Gasteiger charge is 2.19. The van der Waals surface area contributed by atoms with E-state index in [0.717, 1.165) is 0 Å². The van der Waals surface area contributed by atoms with E-state index in [2.05, 4.69) is 9.47 Å². The molecule has 1 rings (SSSR count). The van der Waals surface area contributed by atoms with Gasteiger partial charge in [-0.2, -0.15) is 0 Å². The highest BCUT2D eigenvalue weighted by atomic mass is 32.2. The maximum Gasteiger partial charge on any atom is 0.338 e. The van der Waals surface area contributed by atoms with E-state index < -0.39 is 21.8 Å². The lowest BCUT2D eigenvalue weighted by Gasteiger charge is -2.08. The molecular formula is C13H16O6S. The summed E-state index contributed by atoms with van der Waals surface area (Å²) in [4.78, 5) is 22.5. The predicted molar refractivity (Wildman–Crippen MR) is 71.9 cm³/mol. The molecule has 0 N–H and O–H groups in total. The largest absolute Gasteiger partial charge is 0.469 e. The third kappa shape index (κ3) is 4.65. The predicted octanol–water partition coefficient (Wildman–Crippen LogP) is 0.951. The summed E-state index contributed by atoms with van der Waals surface area (Å²) in [6.45, 7) is 0. The second-order valence-electron chi connectivity index (χ2n) is 4.07. The first-order chi connectivity index (χ1) is 9.39. The molecule has 0 saturated heterocycles. The molecule has 0 aliphatic heterocycles. The van der Waals surface area contributed by atoms with E-state index in [1.165, 1.54) is 20.3 Å². The Kier molecular flexibility index (Phi) is 5.69. The first-order valence-corrected chi connectivity index (χ1v) is 7.65. The van der Waals surface area contributed by atoms with Crippen LogP contribution in [0.1, 0.15) is 22.3 Å². The van der Waals surface area contributed by atoms with Gasteiger partial charge in [-0.05, 0) is 11.6 Å². The minimum atomic E-state index is -3.51. The third-order valence-corrected chi connectivity index (χ3v) is 4.22. The highest BCUT2D eigenvalue weighted by molar-refractivity contribution is 7.90. The van der Waals surface area contributed by atoms with E-state index in [1.807, 2.05) is 0 Å². The van der Waals surface area contributed by atoms with Gasteiger partial charge in [0.05, 0.1) is 37.7 Å². The van der Waals surface area contributed by atoms with Crippen molar-refractivity contribution in [1.29, 1.82) is 0 Å². The minimum absolute atomic E-state index is 0.205. The molecule has 0 bridgehead atoms. The molecule has 0 fully saturated rings. The van der Waals surface area contributed by atoms with Crippen LogP contribution in [0.4, 0.5) is 0 Å². The Labute approximate surface area is 117 Å². The van der Waals surface area contributed by atoms with Crippen molar-refractivity contribution in [2.45, 2.75) is 12.2 Å². The van der Waals surface area contributed by atoms with Gasteiger partial charge >= 0.3 is 11.9 Å². The maximum absolute atomic E-state index is 11.9. The SMILES string of the molecule is COC(=O)CCS(=O)(=O)Cc1ccccc1C(=O)OC. The number of ether oxygens (including phenoxy) is 2. The quantitative estimate of drug-likeness (QED) is 0.727. The van der Waals surface area contributed by atoms with Gasteiger partial charge in [0.25, 0.3) is 0 Å². The lowest BCUT2D eigenvalue weighted by Crippen LogP contribution is -2.16. The van der Waals surface area contributed by atoms with Crippen molar-refractivity contribution in [2.75, 3.05) is 20.0 Å². The van der Waals surface area contributed by atoms with E-state index in [4.69, 9.17) is 0 Å². The first kappa shape index (κ1) is 16.2. The molecule has 1 aromatic rings. The molecule has 0 aliphatic rings. The number of carbonyl (C=O) groups is 2. The fourth-order valence-corrected chi connectivity index (χ4v) is 2.95. The summed E-state index contributed by atoms with van der Waals surface area (Å²) in [5.41, 5.74) is 0.556. The van der Waals surface area contributed by atoms with Crippen LogP contribution in [-0.4, -0.2) is 40.3 Å². The summed E-state index contributed by atoms with van der Waals surface area (Å²) in [6, 6.07) is 6.30. The van der Waals surface area contributed by atoms with Gasteiger partial charge in [-0.1, -0.05) is 18.2 Å². The molecule has 0 spiro atoms. The molecule has 0 amide bonds. The van der Waals surface area contributed by atoms with E-state index in [0.29, 0.717) is 5.56 Å². The number of hydrogen-bond acceptors (Lipinski definition) is 6. The number of sulfone groups is 1. The Balaban J connectivity index is 2.87. The highest BCUT2D eigenvalue weighted by Crippen LogP contribution is 2.14. The molecule has 0 atom stereocenters. The molecular weight excluding hydrogens is 284 g/mol. The molecule has 0 aliphatic carbocycles. The minimum Gasteiger partial charge on any atom is -0.469 e. The van der Waals surface area contributed by atoms with Crippen LogP contribution in [0.15, 0.2) is 24.3 Å². The summed E-state index contributed by atoms with van der Waals surface area (Å²) in [5.74, 6) is -1.83. The second-order valence-corrected chi connectivity index (χ2v) is 6.25. The molecule has 0 radical (unpaired) electrons. The molecule has 0 saturated carbocycles. The summed E-state index contributed by atoms with van der Waals surface area (Å²) in [5, 5.41) is 0. The Hall–Kier alpha value is -1.89. The van der Waals surface area contributed by atoms with E-state index in [1.54, 1.807) is 18.2 Å². The van der Waals surface area contributed by atoms with Crippen molar-refractivity contribution in [1.82, 2.24) is 0 Å². The van der Waals surface area contributed by atoms with Crippen LogP contribution in [0.25, 0.3) is 0 Å². The van der Waals surface area contributed by atoms with E-state index >= 15 is 0 Å². The number of benzene rings is 1. The summed E-state index contributed by atoms with van der Waals surface area (Å²) >= 11 is 0. The van der Waals surface area contributed by atoms with Crippen LogP contribution in [0, 0.1) is 0 Å². The Morgan fingerprint density at radius 2 is 1.75 bits per heavy atom. The third-order valence-electron chi connectivity index (χ3n) is 2.64. The number of hydrogen-bond donors (Lipinski definition) is 0. The van der Waals surface area contributed by atoms with Crippen LogP contribution in [0.2, 0.25) is 0 Å². The summed E-state index contributed by atoms with van der Waals surface area (Å²) < 4.78 is 32.8. The van der Waals surface area contributed by atoms with Gasteiger partial charge in [0.1, 0.15) is 0 Å². The maximum atomic E-state index is 11.9. The molecule has 6 nitrogen and oxygen atoms in total. The molecule has 0 aromatic heterocycles. The normalized spacial score (nSPS) is 10.9. The first-order valence-electron chi connectivity index (χ1n) is 5.83. The van der Waals surface area contributed by atoms with Gasteiger partial charge in [0.15, 0.2) is 9.84 Å². The zero-order valence-corrected chi connectivity index (χ0v) is 12.1. The van der Waals surface area contributed by atoms with Gasteiger partial charge in [0, 0.05) is 0 Å². The molecule has 20 heavy (non-hydrogen) atoms. The van der Waals surface area contributed by atoms with Crippen LogP contribution < -0.4 is 0 Å². The van der Waals surface area contributed by atoms with Gasteiger partial charge in [0.2, 0.25) is 0 Å². The molecule has 7 heteroatoms. The van der Waals surface area contributed by atoms with Crippen molar-refractivity contribution in [3.8, 4) is 0 Å². The Bertz CT molecular complexity index is 591. The smallest absolute Gasteiger partial charge is 0.338 e. The second kappa shape index (κ2) is 7.04. The number of methoxy groups -OCH3 is 2. The standard InChI is InChI=1S/C13H16O6S/c1-18-12(14)7-8-20(16,17)9-10-5-3-4-6-11(10)13(15)19-2/h3-6H,7-9H2,1-2H3. The van der Waals surface area contributed by atoms with Crippen molar-refractivity contribution in [3.63, 3.8) is 0 Å². The van der Waals surface area contributed by atoms with Crippen molar-refractivity contribution in [2.24, 2.45) is 0 Å². The van der Waals surface area contributed by atoms with Crippen molar-refractivity contribution in [3.05, 3.63) is 35.4 Å². The molecule has 0 unspecified atom stereocenters. The zero-order valence-electron chi connectivity index (χ0n) is 11.3. The number of carbonyl (C=O) groups excluding carboxylic acids is 2. The lowest BCUT2D eigenvalue weighted by molar-refractivity contribution is -0.140. The zero-order chi connectivity index (χ0) is 15.2. The van der Waals surface area contributed by atoms with Crippen LogP contribution in [0.3, 0.4) is 0 Å². The molecule has 0 heterocycles. The summed E-state index contributed by atoms with van der Waals surface area (Å²) in [7, 11) is -1.09. The van der Waals surface area contributed by atoms with Crippen LogP contribution in [0.5, 0.6) is 0 Å². The summed E-state index contributed by atoms with van der Waals surface area (Å²) in [6.07, 6.45) is -0.209. The van der Waals surface area contributed by atoms with Crippen molar-refractivity contribution < 1.29 is 27.5 Å². The van der Waals surface area contributed by atoms with E-state index in [-0.39, 0.29) is 23.5 Å². The van der Waals surface area contributed by atoms with Crippen LogP contribution in [-0.2, 0) is 29.9 Å². The Morgan fingerprint density at radius 3 is 2.35 bits per heavy atom. The Morgan fingerprint density at radius 1 is 1.10 bits per heavy atom. The number of rotatable bonds is 6. The molecule has 1 aromatic carbocycles. The van der Waals surface area contributed by atoms with E-state index in [9.17, 15) is 18.0 Å².